The van der Waals surface area contributed by atoms with Crippen LogP contribution in [0.3, 0.4) is 0 Å². The van der Waals surface area contributed by atoms with Gasteiger partial charge in [-0.2, -0.15) is 0 Å². The average Bonchev–Trinajstić information content (AvgIpc) is 2.29. The number of benzene rings is 1. The van der Waals surface area contributed by atoms with Gasteiger partial charge in [-0.3, -0.25) is 0 Å². The number of unbranched alkanes of at least 4 members (excludes halogenated alkanes) is 1. The zero-order valence-electron chi connectivity index (χ0n) is 9.38. The van der Waals surface area contributed by atoms with E-state index in [0.717, 1.165) is 0 Å². The molecule has 0 nitrogen and oxygen atoms in total. The molecule has 0 spiro atoms. The summed E-state index contributed by atoms with van der Waals surface area (Å²) in [5.41, 5.74) is 2.84. The lowest BCUT2D eigenvalue weighted by atomic mass is 9.81. The third kappa shape index (κ3) is 2.36. The van der Waals surface area contributed by atoms with Gasteiger partial charge in [-0.15, -0.1) is 11.6 Å². The van der Waals surface area contributed by atoms with Crippen LogP contribution in [0, 0.1) is 5.92 Å². The van der Waals surface area contributed by atoms with Crippen LogP contribution in [-0.4, -0.2) is 0 Å². The predicted octanol–water partition coefficient (Wildman–Crippen LogP) is 4.72. The summed E-state index contributed by atoms with van der Waals surface area (Å²) in [4.78, 5) is 0. The Morgan fingerprint density at radius 3 is 2.93 bits per heavy atom. The van der Waals surface area contributed by atoms with Crippen LogP contribution in [-0.2, 0) is 6.42 Å². The molecule has 1 aliphatic carbocycles. The number of alkyl halides is 1. The molecule has 1 aromatic carbocycles. The van der Waals surface area contributed by atoms with Gasteiger partial charge >= 0.3 is 0 Å². The van der Waals surface area contributed by atoms with E-state index in [1.165, 1.54) is 43.2 Å². The Morgan fingerprint density at radius 1 is 1.33 bits per heavy atom. The van der Waals surface area contributed by atoms with Gasteiger partial charge in [0.1, 0.15) is 0 Å². The lowest BCUT2D eigenvalue weighted by molar-refractivity contribution is 0.401. The second-order valence-electron chi connectivity index (χ2n) is 4.54. The molecule has 0 aromatic heterocycles. The molecule has 0 aliphatic heterocycles. The monoisotopic (exact) mass is 222 g/mol. The third-order valence-corrected chi connectivity index (χ3v) is 4.07. The van der Waals surface area contributed by atoms with Crippen molar-refractivity contribution in [2.45, 2.75) is 44.4 Å². The van der Waals surface area contributed by atoms with Crippen molar-refractivity contribution in [3.8, 4) is 0 Å². The normalized spacial score (nSPS) is 24.9. The van der Waals surface area contributed by atoms with Gasteiger partial charge in [0.15, 0.2) is 0 Å². The van der Waals surface area contributed by atoms with Gasteiger partial charge in [0.2, 0.25) is 0 Å². The molecule has 0 saturated carbocycles. The van der Waals surface area contributed by atoms with Crippen LogP contribution in [0.2, 0.25) is 0 Å². The Hall–Kier alpha value is -0.490. The lowest BCUT2D eigenvalue weighted by Crippen LogP contribution is -2.16. The van der Waals surface area contributed by atoms with Crippen molar-refractivity contribution in [2.75, 3.05) is 0 Å². The Bertz CT molecular complexity index is 319. The maximum Gasteiger partial charge on any atom is 0.0616 e. The molecule has 0 heterocycles. The van der Waals surface area contributed by atoms with Gasteiger partial charge in [0, 0.05) is 0 Å². The predicted molar refractivity (Wildman–Crippen MR) is 66.4 cm³/mol. The molecule has 2 rings (SSSR count). The van der Waals surface area contributed by atoms with Crippen LogP contribution in [0.15, 0.2) is 24.3 Å². The minimum Gasteiger partial charge on any atom is -0.118 e. The molecule has 2 unspecified atom stereocenters. The first-order chi connectivity index (χ1) is 7.33. The molecule has 1 aliphatic rings. The highest BCUT2D eigenvalue weighted by atomic mass is 35.5. The molecule has 1 aromatic rings. The Kier molecular flexibility index (Phi) is 3.69. The SMILES string of the molecule is CCCCC1CCc2ccccc2C1Cl. The molecule has 0 amide bonds. The summed E-state index contributed by atoms with van der Waals surface area (Å²) in [7, 11) is 0. The molecular weight excluding hydrogens is 204 g/mol. The fraction of sp³-hybridized carbons (Fsp3) is 0.571. The van der Waals surface area contributed by atoms with Gasteiger partial charge in [-0.1, -0.05) is 44.0 Å². The van der Waals surface area contributed by atoms with Crippen LogP contribution < -0.4 is 0 Å². The van der Waals surface area contributed by atoms with Crippen LogP contribution in [0.1, 0.15) is 49.1 Å². The van der Waals surface area contributed by atoms with Gasteiger partial charge in [-0.25, -0.2) is 0 Å². The second kappa shape index (κ2) is 5.03. The Balaban J connectivity index is 2.11. The number of aryl methyl sites for hydroxylation is 1. The minimum absolute atomic E-state index is 0.251. The van der Waals surface area contributed by atoms with Crippen molar-refractivity contribution in [3.05, 3.63) is 35.4 Å². The highest BCUT2D eigenvalue weighted by Gasteiger charge is 2.26. The highest BCUT2D eigenvalue weighted by Crippen LogP contribution is 2.41. The molecule has 0 fully saturated rings. The molecule has 0 radical (unpaired) electrons. The zero-order chi connectivity index (χ0) is 10.7. The van der Waals surface area contributed by atoms with Gasteiger partial charge < -0.3 is 0 Å². The summed E-state index contributed by atoms with van der Waals surface area (Å²) in [6.45, 7) is 2.25. The topological polar surface area (TPSA) is 0 Å². The standard InChI is InChI=1S/C14H19Cl/c1-2-3-6-12-10-9-11-7-4-5-8-13(11)14(12)15/h4-5,7-8,12,14H,2-3,6,9-10H2,1H3. The maximum atomic E-state index is 6.55. The van der Waals surface area contributed by atoms with Gasteiger partial charge in [0.05, 0.1) is 5.38 Å². The molecule has 0 bridgehead atoms. The molecule has 15 heavy (non-hydrogen) atoms. The maximum absolute atomic E-state index is 6.55. The Labute approximate surface area is 97.6 Å². The molecule has 2 atom stereocenters. The van der Waals surface area contributed by atoms with Crippen LogP contribution in [0.5, 0.6) is 0 Å². The van der Waals surface area contributed by atoms with Crippen LogP contribution in [0.25, 0.3) is 0 Å². The number of hydrogen-bond donors (Lipinski definition) is 0. The van der Waals surface area contributed by atoms with E-state index in [4.69, 9.17) is 11.6 Å². The number of rotatable bonds is 3. The molecule has 0 N–H and O–H groups in total. The zero-order valence-corrected chi connectivity index (χ0v) is 10.1. The van der Waals surface area contributed by atoms with E-state index >= 15 is 0 Å². The van der Waals surface area contributed by atoms with E-state index in [0.29, 0.717) is 5.92 Å². The van der Waals surface area contributed by atoms with Gasteiger partial charge in [-0.05, 0) is 36.3 Å². The number of fused-ring (bicyclic) bond motifs is 1. The van der Waals surface area contributed by atoms with Crippen LogP contribution in [0.4, 0.5) is 0 Å². The first kappa shape index (κ1) is 11.0. The molecule has 1 heteroatoms. The minimum atomic E-state index is 0.251. The first-order valence-electron chi connectivity index (χ1n) is 6.04. The van der Waals surface area contributed by atoms with Crippen molar-refractivity contribution >= 4 is 11.6 Å². The first-order valence-corrected chi connectivity index (χ1v) is 6.48. The summed E-state index contributed by atoms with van der Waals surface area (Å²) >= 11 is 6.55. The van der Waals surface area contributed by atoms with Gasteiger partial charge in [0.25, 0.3) is 0 Å². The van der Waals surface area contributed by atoms with E-state index in [-0.39, 0.29) is 5.38 Å². The summed E-state index contributed by atoms with van der Waals surface area (Å²) in [6.07, 6.45) is 6.37. The van der Waals surface area contributed by atoms with E-state index in [2.05, 4.69) is 31.2 Å². The smallest absolute Gasteiger partial charge is 0.0616 e. The molecule has 0 saturated heterocycles. The van der Waals surface area contributed by atoms with Crippen molar-refractivity contribution in [1.82, 2.24) is 0 Å². The summed E-state index contributed by atoms with van der Waals surface area (Å²) in [6, 6.07) is 8.65. The fourth-order valence-electron chi connectivity index (χ4n) is 2.53. The lowest BCUT2D eigenvalue weighted by Gasteiger charge is -2.29. The largest absolute Gasteiger partial charge is 0.118 e. The molecular formula is C14H19Cl. The second-order valence-corrected chi connectivity index (χ2v) is 5.01. The average molecular weight is 223 g/mol. The van der Waals surface area contributed by atoms with Crippen molar-refractivity contribution in [2.24, 2.45) is 5.92 Å². The quantitative estimate of drug-likeness (QED) is 0.650. The van der Waals surface area contributed by atoms with Crippen molar-refractivity contribution in [1.29, 1.82) is 0 Å². The fourth-order valence-corrected chi connectivity index (χ4v) is 2.99. The number of halogens is 1. The van der Waals surface area contributed by atoms with Crippen LogP contribution >= 0.6 is 11.6 Å². The summed E-state index contributed by atoms with van der Waals surface area (Å²) in [5, 5.41) is 0.251. The van der Waals surface area contributed by atoms with E-state index in [9.17, 15) is 0 Å². The van der Waals surface area contributed by atoms with E-state index in [1.54, 1.807) is 0 Å². The Morgan fingerprint density at radius 2 is 2.13 bits per heavy atom. The summed E-state index contributed by atoms with van der Waals surface area (Å²) in [5.74, 6) is 0.696. The number of hydrogen-bond acceptors (Lipinski definition) is 0. The molecule has 82 valence electrons. The van der Waals surface area contributed by atoms with E-state index in [1.807, 2.05) is 0 Å². The highest BCUT2D eigenvalue weighted by molar-refractivity contribution is 6.21. The van der Waals surface area contributed by atoms with Crippen molar-refractivity contribution < 1.29 is 0 Å². The van der Waals surface area contributed by atoms with E-state index < -0.39 is 0 Å². The third-order valence-electron chi connectivity index (χ3n) is 3.48. The summed E-state index contributed by atoms with van der Waals surface area (Å²) < 4.78 is 0. The van der Waals surface area contributed by atoms with Crippen molar-refractivity contribution in [3.63, 3.8) is 0 Å².